The third-order valence-electron chi connectivity index (χ3n) is 3.11. The zero-order valence-electron chi connectivity index (χ0n) is 6.77. The van der Waals surface area contributed by atoms with Crippen molar-refractivity contribution >= 4 is 0 Å². The number of fused-ring (bicyclic) bond motifs is 2. The number of hydrogen-bond donors (Lipinski definition) is 2. The van der Waals surface area contributed by atoms with Crippen molar-refractivity contribution in [2.75, 3.05) is 7.05 Å². The van der Waals surface area contributed by atoms with Gasteiger partial charge in [-0.1, -0.05) is 0 Å². The normalized spacial score (nSPS) is 51.5. The van der Waals surface area contributed by atoms with Crippen molar-refractivity contribution < 1.29 is 10.2 Å². The van der Waals surface area contributed by atoms with Gasteiger partial charge >= 0.3 is 0 Å². The molecule has 0 amide bonds. The highest BCUT2D eigenvalue weighted by atomic mass is 16.3. The topological polar surface area (TPSA) is 43.7 Å². The fourth-order valence-electron chi connectivity index (χ4n) is 2.42. The Morgan fingerprint density at radius 3 is 2.55 bits per heavy atom. The summed E-state index contributed by atoms with van der Waals surface area (Å²) in [4.78, 5) is 2.21. The fourth-order valence-corrected chi connectivity index (χ4v) is 2.42. The molecular weight excluding hydrogens is 142 g/mol. The molecule has 0 aliphatic carbocycles. The van der Waals surface area contributed by atoms with Gasteiger partial charge in [0.2, 0.25) is 0 Å². The van der Waals surface area contributed by atoms with Gasteiger partial charge in [0.25, 0.3) is 0 Å². The molecule has 11 heavy (non-hydrogen) atoms. The molecule has 0 unspecified atom stereocenters. The van der Waals surface area contributed by atoms with Gasteiger partial charge in [-0.05, 0) is 26.3 Å². The Kier molecular flexibility index (Phi) is 1.67. The van der Waals surface area contributed by atoms with Crippen molar-refractivity contribution in [2.45, 2.75) is 43.6 Å². The molecule has 64 valence electrons. The third-order valence-corrected chi connectivity index (χ3v) is 3.11. The minimum absolute atomic E-state index is 0.182. The summed E-state index contributed by atoms with van der Waals surface area (Å²) in [5, 5.41) is 18.9. The van der Waals surface area contributed by atoms with E-state index < -0.39 is 0 Å². The summed E-state index contributed by atoms with van der Waals surface area (Å²) in [7, 11) is 2.04. The van der Waals surface area contributed by atoms with Crippen molar-refractivity contribution in [2.24, 2.45) is 0 Å². The monoisotopic (exact) mass is 157 g/mol. The molecule has 2 fully saturated rings. The van der Waals surface area contributed by atoms with Gasteiger partial charge in [-0.25, -0.2) is 0 Å². The van der Waals surface area contributed by atoms with Crippen molar-refractivity contribution in [3.05, 3.63) is 0 Å². The Morgan fingerprint density at radius 1 is 1.18 bits per heavy atom. The standard InChI is InChI=1S/C8H15NO2/c1-9-5-2-6(10)4-7(9)8(11)3-5/h5-8,10-11H,2-4H2,1H3/t5-,6+,7+,8-/m1/s1. The van der Waals surface area contributed by atoms with Crippen LogP contribution in [0.4, 0.5) is 0 Å². The predicted molar refractivity (Wildman–Crippen MR) is 41.2 cm³/mol. The number of aliphatic hydroxyl groups is 2. The number of hydrogen-bond acceptors (Lipinski definition) is 3. The zero-order chi connectivity index (χ0) is 8.01. The van der Waals surface area contributed by atoms with Gasteiger partial charge in [-0.15, -0.1) is 0 Å². The molecular formula is C8H15NO2. The molecule has 2 N–H and O–H groups in total. The Hall–Kier alpha value is -0.120. The third kappa shape index (κ3) is 1.08. The van der Waals surface area contributed by atoms with E-state index in [9.17, 15) is 10.2 Å². The highest BCUT2D eigenvalue weighted by molar-refractivity contribution is 4.98. The molecule has 2 saturated heterocycles. The second kappa shape index (κ2) is 2.44. The summed E-state index contributed by atoms with van der Waals surface area (Å²) in [5.41, 5.74) is 0. The quantitative estimate of drug-likeness (QED) is 0.501. The first-order valence-corrected chi connectivity index (χ1v) is 4.26. The Morgan fingerprint density at radius 2 is 1.91 bits per heavy atom. The minimum Gasteiger partial charge on any atom is -0.393 e. The van der Waals surface area contributed by atoms with E-state index in [2.05, 4.69) is 4.90 Å². The zero-order valence-corrected chi connectivity index (χ0v) is 6.77. The van der Waals surface area contributed by atoms with E-state index in [1.807, 2.05) is 7.05 Å². The molecule has 2 aliphatic heterocycles. The second-order valence-electron chi connectivity index (χ2n) is 3.81. The molecule has 2 bridgehead atoms. The molecule has 0 saturated carbocycles. The van der Waals surface area contributed by atoms with Crippen LogP contribution in [0.5, 0.6) is 0 Å². The predicted octanol–water partition coefficient (Wildman–Crippen LogP) is -0.425. The molecule has 0 aromatic carbocycles. The summed E-state index contributed by atoms with van der Waals surface area (Å²) in [6.07, 6.45) is 2.04. The minimum atomic E-state index is -0.206. The van der Waals surface area contributed by atoms with Gasteiger partial charge in [-0.3, -0.25) is 4.90 Å². The number of aliphatic hydroxyl groups excluding tert-OH is 2. The lowest BCUT2D eigenvalue weighted by Crippen LogP contribution is -2.44. The molecule has 2 heterocycles. The highest BCUT2D eigenvalue weighted by Crippen LogP contribution is 2.34. The first kappa shape index (κ1) is 7.53. The van der Waals surface area contributed by atoms with E-state index in [1.54, 1.807) is 0 Å². The maximum atomic E-state index is 9.53. The fraction of sp³-hybridized carbons (Fsp3) is 1.00. The molecule has 3 nitrogen and oxygen atoms in total. The lowest BCUT2D eigenvalue weighted by molar-refractivity contribution is 0.0282. The van der Waals surface area contributed by atoms with E-state index in [4.69, 9.17) is 0 Å². The summed E-state index contributed by atoms with van der Waals surface area (Å²) in [6.45, 7) is 0. The Balaban J connectivity index is 2.14. The summed E-state index contributed by atoms with van der Waals surface area (Å²) < 4.78 is 0. The van der Waals surface area contributed by atoms with Crippen LogP contribution in [0.3, 0.4) is 0 Å². The average molecular weight is 157 g/mol. The maximum Gasteiger partial charge on any atom is 0.0711 e. The molecule has 2 rings (SSSR count). The van der Waals surface area contributed by atoms with Crippen molar-refractivity contribution in [3.8, 4) is 0 Å². The van der Waals surface area contributed by atoms with E-state index >= 15 is 0 Å². The van der Waals surface area contributed by atoms with E-state index in [0.29, 0.717) is 6.04 Å². The number of likely N-dealkylation sites (N-methyl/N-ethyl adjacent to an activating group) is 1. The smallest absolute Gasteiger partial charge is 0.0711 e. The first-order chi connectivity index (χ1) is 5.18. The Labute approximate surface area is 66.6 Å². The van der Waals surface area contributed by atoms with Crippen LogP contribution in [0.2, 0.25) is 0 Å². The van der Waals surface area contributed by atoms with E-state index in [-0.39, 0.29) is 18.2 Å². The molecule has 4 atom stereocenters. The van der Waals surface area contributed by atoms with Crippen molar-refractivity contribution in [1.82, 2.24) is 4.90 Å². The first-order valence-electron chi connectivity index (χ1n) is 4.26. The van der Waals surface area contributed by atoms with Crippen LogP contribution in [0.15, 0.2) is 0 Å². The SMILES string of the molecule is CN1[C@@H]2C[C@H](O)C[C@H]1[C@H](O)C2. The summed E-state index contributed by atoms with van der Waals surface area (Å²) in [6, 6.07) is 0.627. The molecule has 0 spiro atoms. The van der Waals surface area contributed by atoms with E-state index in [1.165, 1.54) is 0 Å². The largest absolute Gasteiger partial charge is 0.393 e. The van der Waals surface area contributed by atoms with Crippen molar-refractivity contribution in [3.63, 3.8) is 0 Å². The van der Waals surface area contributed by atoms with Crippen LogP contribution in [-0.4, -0.2) is 46.5 Å². The van der Waals surface area contributed by atoms with Crippen LogP contribution in [0, 0.1) is 0 Å². The van der Waals surface area contributed by atoms with Gasteiger partial charge < -0.3 is 10.2 Å². The molecule has 2 aliphatic rings. The molecule has 0 radical (unpaired) electrons. The van der Waals surface area contributed by atoms with Gasteiger partial charge in [0, 0.05) is 12.1 Å². The van der Waals surface area contributed by atoms with E-state index in [0.717, 1.165) is 19.3 Å². The van der Waals surface area contributed by atoms with Crippen LogP contribution in [0.25, 0.3) is 0 Å². The van der Waals surface area contributed by atoms with Crippen LogP contribution >= 0.6 is 0 Å². The molecule has 0 aromatic heterocycles. The van der Waals surface area contributed by atoms with Gasteiger partial charge in [0.15, 0.2) is 0 Å². The lowest BCUT2D eigenvalue weighted by Gasteiger charge is -2.34. The van der Waals surface area contributed by atoms with Crippen LogP contribution < -0.4 is 0 Å². The molecule has 3 heteroatoms. The van der Waals surface area contributed by atoms with Crippen LogP contribution in [0.1, 0.15) is 19.3 Å². The number of nitrogens with zero attached hydrogens (tertiary/aromatic N) is 1. The molecule has 0 aromatic rings. The van der Waals surface area contributed by atoms with Crippen LogP contribution in [-0.2, 0) is 0 Å². The van der Waals surface area contributed by atoms with Gasteiger partial charge in [0.05, 0.1) is 12.2 Å². The van der Waals surface area contributed by atoms with Crippen molar-refractivity contribution in [1.29, 1.82) is 0 Å². The second-order valence-corrected chi connectivity index (χ2v) is 3.81. The highest BCUT2D eigenvalue weighted by Gasteiger charge is 2.43. The maximum absolute atomic E-state index is 9.53. The van der Waals surface area contributed by atoms with Gasteiger partial charge in [0.1, 0.15) is 0 Å². The average Bonchev–Trinajstić information content (AvgIpc) is 2.17. The number of rotatable bonds is 0. The summed E-state index contributed by atoms with van der Waals surface area (Å²) >= 11 is 0. The summed E-state index contributed by atoms with van der Waals surface area (Å²) in [5.74, 6) is 0. The Bertz CT molecular complexity index is 160. The van der Waals surface area contributed by atoms with Gasteiger partial charge in [-0.2, -0.15) is 0 Å². The lowest BCUT2D eigenvalue weighted by atomic mass is 10.0. The number of piperidine rings is 1.